The molecule has 7 nitrogen and oxygen atoms in total. The molecular weight excluding hydrogens is 327 g/mol. The van der Waals surface area contributed by atoms with Crippen molar-refractivity contribution in [1.82, 2.24) is 20.3 Å². The summed E-state index contributed by atoms with van der Waals surface area (Å²) < 4.78 is 13.6. The summed E-state index contributed by atoms with van der Waals surface area (Å²) in [5.74, 6) is -2.28. The van der Waals surface area contributed by atoms with Gasteiger partial charge in [0.15, 0.2) is 0 Å². The zero-order valence-corrected chi connectivity index (χ0v) is 13.3. The molecule has 0 radical (unpaired) electrons. The molecule has 8 heteroatoms. The number of aromatic nitrogens is 3. The van der Waals surface area contributed by atoms with Crippen LogP contribution in [0.15, 0.2) is 36.8 Å². The van der Waals surface area contributed by atoms with E-state index in [1.54, 1.807) is 6.92 Å². The Labute approximate surface area is 141 Å². The Balaban J connectivity index is 1.92. The van der Waals surface area contributed by atoms with Gasteiger partial charge in [-0.2, -0.15) is 0 Å². The Hall–Kier alpha value is -3.29. The molecule has 1 aromatic carbocycles. The number of rotatable bonds is 5. The quantitative estimate of drug-likeness (QED) is 0.655. The van der Waals surface area contributed by atoms with Crippen LogP contribution < -0.4 is 5.32 Å². The minimum Gasteiger partial charge on any atom is -0.480 e. The van der Waals surface area contributed by atoms with E-state index < -0.39 is 23.7 Å². The minimum absolute atomic E-state index is 0.0530. The number of carboxylic acid groups (broad SMARTS) is 1. The molecule has 2 heterocycles. The number of imidazole rings is 1. The van der Waals surface area contributed by atoms with Crippen LogP contribution in [0.4, 0.5) is 4.39 Å². The van der Waals surface area contributed by atoms with Gasteiger partial charge in [-0.15, -0.1) is 0 Å². The van der Waals surface area contributed by atoms with Gasteiger partial charge >= 0.3 is 5.97 Å². The van der Waals surface area contributed by atoms with Gasteiger partial charge in [0.25, 0.3) is 5.91 Å². The normalized spacial score (nSPS) is 12.1. The van der Waals surface area contributed by atoms with Crippen LogP contribution in [-0.2, 0) is 11.2 Å². The lowest BCUT2D eigenvalue weighted by Crippen LogP contribution is -2.42. The van der Waals surface area contributed by atoms with E-state index >= 15 is 0 Å². The van der Waals surface area contributed by atoms with Crippen molar-refractivity contribution < 1.29 is 19.1 Å². The standard InChI is InChI=1S/C17H15FN4O3/c1-9-4-13(12-5-10(18)2-3-14(12)21-9)16(23)22-15(17(24)25)6-11-7-19-8-20-11/h2-5,7-8,15H,6H2,1H3,(H,19,20)(H,22,23)(H,24,25). The van der Waals surface area contributed by atoms with Crippen molar-refractivity contribution in [2.75, 3.05) is 0 Å². The van der Waals surface area contributed by atoms with E-state index in [0.29, 0.717) is 22.3 Å². The van der Waals surface area contributed by atoms with E-state index in [2.05, 4.69) is 20.3 Å². The van der Waals surface area contributed by atoms with Crippen LogP contribution >= 0.6 is 0 Å². The molecule has 0 bridgehead atoms. The van der Waals surface area contributed by atoms with Crippen LogP contribution in [0.25, 0.3) is 10.9 Å². The average molecular weight is 342 g/mol. The molecule has 0 aliphatic heterocycles. The van der Waals surface area contributed by atoms with Gasteiger partial charge in [-0.25, -0.2) is 14.2 Å². The SMILES string of the molecule is Cc1cc(C(=O)NC(Cc2cnc[nH]2)C(=O)O)c2cc(F)ccc2n1. The summed E-state index contributed by atoms with van der Waals surface area (Å²) in [7, 11) is 0. The van der Waals surface area contributed by atoms with Crippen LogP contribution in [0.2, 0.25) is 0 Å². The number of aliphatic carboxylic acids is 1. The monoisotopic (exact) mass is 342 g/mol. The summed E-state index contributed by atoms with van der Waals surface area (Å²) in [5.41, 5.74) is 1.80. The van der Waals surface area contributed by atoms with Crippen molar-refractivity contribution in [3.05, 3.63) is 59.6 Å². The van der Waals surface area contributed by atoms with Gasteiger partial charge < -0.3 is 15.4 Å². The second-order valence-corrected chi connectivity index (χ2v) is 5.62. The largest absolute Gasteiger partial charge is 0.480 e. The lowest BCUT2D eigenvalue weighted by Gasteiger charge is -2.15. The maximum absolute atomic E-state index is 13.6. The van der Waals surface area contributed by atoms with E-state index in [9.17, 15) is 19.1 Å². The molecule has 0 spiro atoms. The molecule has 0 aliphatic carbocycles. The van der Waals surface area contributed by atoms with Gasteiger partial charge in [-0.05, 0) is 31.2 Å². The summed E-state index contributed by atoms with van der Waals surface area (Å²) in [6.45, 7) is 1.71. The number of pyridine rings is 1. The van der Waals surface area contributed by atoms with Crippen molar-refractivity contribution in [1.29, 1.82) is 0 Å². The molecule has 3 rings (SSSR count). The molecule has 3 aromatic rings. The zero-order valence-electron chi connectivity index (χ0n) is 13.3. The van der Waals surface area contributed by atoms with Crippen LogP contribution in [0.1, 0.15) is 21.7 Å². The highest BCUT2D eigenvalue weighted by atomic mass is 19.1. The van der Waals surface area contributed by atoms with Gasteiger partial charge in [0.2, 0.25) is 0 Å². The molecule has 0 saturated heterocycles. The second kappa shape index (κ2) is 6.68. The Bertz CT molecular complexity index is 940. The Morgan fingerprint density at radius 1 is 1.36 bits per heavy atom. The van der Waals surface area contributed by atoms with Crippen LogP contribution in [0, 0.1) is 12.7 Å². The molecular formula is C17H15FN4O3. The number of fused-ring (bicyclic) bond motifs is 1. The molecule has 2 aromatic heterocycles. The Morgan fingerprint density at radius 3 is 2.84 bits per heavy atom. The van der Waals surface area contributed by atoms with E-state index in [1.807, 2.05) is 0 Å². The molecule has 3 N–H and O–H groups in total. The number of hydrogen-bond donors (Lipinski definition) is 3. The minimum atomic E-state index is -1.18. The predicted octanol–water partition coefficient (Wildman–Crippen LogP) is 1.83. The number of benzene rings is 1. The molecule has 128 valence electrons. The summed E-state index contributed by atoms with van der Waals surface area (Å²) in [6.07, 6.45) is 2.97. The number of hydrogen-bond acceptors (Lipinski definition) is 4. The molecule has 1 atom stereocenters. The van der Waals surface area contributed by atoms with Crippen LogP contribution in [0.5, 0.6) is 0 Å². The van der Waals surface area contributed by atoms with Gasteiger partial charge in [-0.1, -0.05) is 0 Å². The number of amides is 1. The molecule has 0 saturated carbocycles. The number of aryl methyl sites for hydroxylation is 1. The van der Waals surface area contributed by atoms with Gasteiger partial charge in [0, 0.05) is 29.4 Å². The lowest BCUT2D eigenvalue weighted by molar-refractivity contribution is -0.139. The number of aromatic amines is 1. The van der Waals surface area contributed by atoms with Crippen molar-refractivity contribution >= 4 is 22.8 Å². The van der Waals surface area contributed by atoms with E-state index in [0.717, 1.165) is 0 Å². The Morgan fingerprint density at radius 2 is 2.16 bits per heavy atom. The topological polar surface area (TPSA) is 108 Å². The lowest BCUT2D eigenvalue weighted by atomic mass is 10.1. The molecule has 1 amide bonds. The summed E-state index contributed by atoms with van der Waals surface area (Å²) in [5, 5.41) is 12.2. The van der Waals surface area contributed by atoms with E-state index in [-0.39, 0.29) is 12.0 Å². The fourth-order valence-corrected chi connectivity index (χ4v) is 2.57. The van der Waals surface area contributed by atoms with E-state index in [1.165, 1.54) is 36.8 Å². The fourth-order valence-electron chi connectivity index (χ4n) is 2.57. The number of H-pyrrole nitrogens is 1. The van der Waals surface area contributed by atoms with Gasteiger partial charge in [0.1, 0.15) is 11.9 Å². The Kier molecular flexibility index (Phi) is 4.42. The van der Waals surface area contributed by atoms with Crippen molar-refractivity contribution in [2.45, 2.75) is 19.4 Å². The summed E-state index contributed by atoms with van der Waals surface area (Å²) in [6, 6.07) is 4.31. The van der Waals surface area contributed by atoms with Gasteiger partial charge in [0.05, 0.1) is 17.4 Å². The number of nitrogens with one attached hydrogen (secondary N) is 2. The van der Waals surface area contributed by atoms with E-state index in [4.69, 9.17) is 0 Å². The average Bonchev–Trinajstić information content (AvgIpc) is 3.06. The highest BCUT2D eigenvalue weighted by molar-refractivity contribution is 6.07. The van der Waals surface area contributed by atoms with Crippen LogP contribution in [-0.4, -0.2) is 38.0 Å². The summed E-state index contributed by atoms with van der Waals surface area (Å²) in [4.78, 5) is 34.9. The maximum Gasteiger partial charge on any atom is 0.326 e. The van der Waals surface area contributed by atoms with Crippen molar-refractivity contribution in [2.24, 2.45) is 0 Å². The first kappa shape index (κ1) is 16.6. The highest BCUT2D eigenvalue weighted by Crippen LogP contribution is 2.20. The number of halogens is 1. The maximum atomic E-state index is 13.6. The number of carbonyl (C=O) groups excluding carboxylic acids is 1. The number of nitrogens with zero attached hydrogens (tertiary/aromatic N) is 2. The summed E-state index contributed by atoms with van der Waals surface area (Å²) >= 11 is 0. The molecule has 0 fully saturated rings. The van der Waals surface area contributed by atoms with Crippen molar-refractivity contribution in [3.8, 4) is 0 Å². The third-order valence-corrected chi connectivity index (χ3v) is 3.73. The molecule has 1 unspecified atom stereocenters. The molecule has 0 aliphatic rings. The first-order chi connectivity index (χ1) is 11.9. The zero-order chi connectivity index (χ0) is 18.0. The second-order valence-electron chi connectivity index (χ2n) is 5.62. The van der Waals surface area contributed by atoms with Crippen LogP contribution in [0.3, 0.4) is 0 Å². The number of carboxylic acids is 1. The fraction of sp³-hybridized carbons (Fsp3) is 0.176. The third-order valence-electron chi connectivity index (χ3n) is 3.73. The number of carbonyl (C=O) groups is 2. The predicted molar refractivity (Wildman–Crippen MR) is 87.6 cm³/mol. The smallest absolute Gasteiger partial charge is 0.326 e. The first-order valence-corrected chi connectivity index (χ1v) is 7.52. The molecule has 25 heavy (non-hydrogen) atoms. The van der Waals surface area contributed by atoms with Crippen molar-refractivity contribution in [3.63, 3.8) is 0 Å². The first-order valence-electron chi connectivity index (χ1n) is 7.52. The third kappa shape index (κ3) is 3.63. The van der Waals surface area contributed by atoms with Gasteiger partial charge in [-0.3, -0.25) is 9.78 Å². The highest BCUT2D eigenvalue weighted by Gasteiger charge is 2.23.